The van der Waals surface area contributed by atoms with Crippen molar-refractivity contribution in [1.82, 2.24) is 0 Å². The van der Waals surface area contributed by atoms with Gasteiger partial charge in [-0.15, -0.1) is 10.3 Å². The molecule has 0 fully saturated rings. The maximum atomic E-state index is 10.9. The smallest absolute Gasteiger partial charge is 0.251 e. The van der Waals surface area contributed by atoms with Gasteiger partial charge in [0.1, 0.15) is 0 Å². The highest BCUT2D eigenvalue weighted by Gasteiger charge is 2.23. The standard InChI is InChI=1S/C6H16O4S2/c1-5-11(4,6-2)10-12(7,8)9-3/h5-6H2,1-4H3. The van der Waals surface area contributed by atoms with Crippen LogP contribution in [0.1, 0.15) is 13.8 Å². The summed E-state index contributed by atoms with van der Waals surface area (Å²) in [7, 11) is -4.16. The zero-order valence-electron chi connectivity index (χ0n) is 7.86. The van der Waals surface area contributed by atoms with Gasteiger partial charge in [0.25, 0.3) is 0 Å². The summed E-state index contributed by atoms with van der Waals surface area (Å²) in [6.45, 7) is 3.81. The molecule has 6 heteroatoms. The molecule has 0 aliphatic rings. The van der Waals surface area contributed by atoms with Crippen molar-refractivity contribution in [3.05, 3.63) is 0 Å². The Balaban J connectivity index is 4.42. The lowest BCUT2D eigenvalue weighted by Crippen LogP contribution is -2.15. The van der Waals surface area contributed by atoms with Gasteiger partial charge in [0.15, 0.2) is 0 Å². The second-order valence-corrected chi connectivity index (χ2v) is 7.62. The van der Waals surface area contributed by atoms with E-state index in [0.717, 1.165) is 7.11 Å². The molecule has 0 saturated heterocycles. The van der Waals surface area contributed by atoms with Crippen molar-refractivity contribution >= 4 is 20.7 Å². The Morgan fingerprint density at radius 3 is 1.83 bits per heavy atom. The van der Waals surface area contributed by atoms with E-state index in [-0.39, 0.29) is 0 Å². The molecule has 0 aromatic carbocycles. The van der Waals surface area contributed by atoms with Gasteiger partial charge in [0.05, 0.1) is 7.11 Å². The molecule has 4 nitrogen and oxygen atoms in total. The SMILES string of the molecule is CCS(C)(CC)OS(=O)(=O)OC. The molecule has 0 aromatic heterocycles. The number of hydrogen-bond acceptors (Lipinski definition) is 4. The fourth-order valence-corrected chi connectivity index (χ4v) is 3.54. The Labute approximate surface area is 76.1 Å². The van der Waals surface area contributed by atoms with E-state index in [0.29, 0.717) is 11.5 Å². The van der Waals surface area contributed by atoms with E-state index in [1.165, 1.54) is 0 Å². The van der Waals surface area contributed by atoms with Crippen LogP contribution < -0.4 is 0 Å². The summed E-state index contributed by atoms with van der Waals surface area (Å²) in [4.78, 5) is 0. The van der Waals surface area contributed by atoms with Crippen molar-refractivity contribution in [2.75, 3.05) is 24.9 Å². The predicted octanol–water partition coefficient (Wildman–Crippen LogP) is 1.28. The molecule has 0 saturated carbocycles. The monoisotopic (exact) mass is 216 g/mol. The molecule has 0 N–H and O–H groups in total. The van der Waals surface area contributed by atoms with E-state index in [1.54, 1.807) is 0 Å². The van der Waals surface area contributed by atoms with Crippen LogP contribution in [-0.2, 0) is 18.2 Å². The van der Waals surface area contributed by atoms with Gasteiger partial charge in [0.2, 0.25) is 0 Å². The molecule has 0 heterocycles. The summed E-state index contributed by atoms with van der Waals surface area (Å²) in [5.41, 5.74) is 0. The molecule has 0 atom stereocenters. The first-order chi connectivity index (χ1) is 5.39. The largest absolute Gasteiger partial charge is 0.409 e. The van der Waals surface area contributed by atoms with Crippen LogP contribution >= 0.6 is 10.3 Å². The average Bonchev–Trinajstić information content (AvgIpc) is 2.04. The number of hydrogen-bond donors (Lipinski definition) is 0. The average molecular weight is 216 g/mol. The van der Waals surface area contributed by atoms with Crippen molar-refractivity contribution in [3.8, 4) is 0 Å². The first-order valence-corrected chi connectivity index (χ1v) is 7.28. The molecule has 0 spiro atoms. The molecule has 0 radical (unpaired) electrons. The third-order valence-electron chi connectivity index (χ3n) is 1.67. The Morgan fingerprint density at radius 2 is 1.58 bits per heavy atom. The van der Waals surface area contributed by atoms with Crippen molar-refractivity contribution in [1.29, 1.82) is 0 Å². The lowest BCUT2D eigenvalue weighted by Gasteiger charge is -2.30. The zero-order valence-corrected chi connectivity index (χ0v) is 9.50. The van der Waals surface area contributed by atoms with Gasteiger partial charge in [-0.2, -0.15) is 12.0 Å². The fraction of sp³-hybridized carbons (Fsp3) is 1.00. The predicted molar refractivity (Wildman–Crippen MR) is 51.6 cm³/mol. The van der Waals surface area contributed by atoms with E-state index in [9.17, 15) is 8.42 Å². The lowest BCUT2D eigenvalue weighted by molar-refractivity contribution is 0.340. The second kappa shape index (κ2) is 4.45. The van der Waals surface area contributed by atoms with Crippen LogP contribution in [0.5, 0.6) is 0 Å². The van der Waals surface area contributed by atoms with Crippen LogP contribution in [0.4, 0.5) is 0 Å². The van der Waals surface area contributed by atoms with E-state index >= 15 is 0 Å². The van der Waals surface area contributed by atoms with E-state index < -0.39 is 20.7 Å². The first-order valence-electron chi connectivity index (χ1n) is 3.64. The Kier molecular flexibility index (Phi) is 4.54. The normalized spacial score (nSPS) is 14.7. The molecule has 0 unspecified atom stereocenters. The molecule has 0 bridgehead atoms. The van der Waals surface area contributed by atoms with E-state index in [2.05, 4.69) is 4.18 Å². The van der Waals surface area contributed by atoms with Gasteiger partial charge in [-0.05, 0) is 17.8 Å². The van der Waals surface area contributed by atoms with Gasteiger partial charge in [0, 0.05) is 0 Å². The second-order valence-electron chi connectivity index (χ2n) is 2.40. The van der Waals surface area contributed by atoms with Gasteiger partial charge >= 0.3 is 10.4 Å². The van der Waals surface area contributed by atoms with Crippen LogP contribution in [0, 0.1) is 0 Å². The van der Waals surface area contributed by atoms with Crippen LogP contribution in [0.15, 0.2) is 0 Å². The quantitative estimate of drug-likeness (QED) is 0.694. The van der Waals surface area contributed by atoms with Crippen molar-refractivity contribution in [2.45, 2.75) is 13.8 Å². The summed E-state index contributed by atoms with van der Waals surface area (Å²) in [6, 6.07) is 0. The zero-order chi connectivity index (χ0) is 9.83. The van der Waals surface area contributed by atoms with Crippen LogP contribution in [0.3, 0.4) is 0 Å². The maximum Gasteiger partial charge on any atom is 0.409 e. The van der Waals surface area contributed by atoms with Gasteiger partial charge in [-0.1, -0.05) is 13.8 Å². The highest BCUT2D eigenvalue weighted by Crippen LogP contribution is 2.45. The molecule has 0 aromatic rings. The minimum Gasteiger partial charge on any atom is -0.251 e. The first kappa shape index (κ1) is 12.2. The van der Waals surface area contributed by atoms with Crippen LogP contribution in [-0.4, -0.2) is 33.3 Å². The van der Waals surface area contributed by atoms with Crippen molar-refractivity contribution in [3.63, 3.8) is 0 Å². The van der Waals surface area contributed by atoms with Crippen LogP contribution in [0.2, 0.25) is 0 Å². The Morgan fingerprint density at radius 1 is 1.17 bits per heavy atom. The molecule has 0 aliphatic carbocycles. The maximum absolute atomic E-state index is 10.9. The summed E-state index contributed by atoms with van der Waals surface area (Å²) < 4.78 is 30.9. The van der Waals surface area contributed by atoms with Gasteiger partial charge in [-0.25, -0.2) is 0 Å². The molecular weight excluding hydrogens is 200 g/mol. The third kappa shape index (κ3) is 3.75. The van der Waals surface area contributed by atoms with Crippen LogP contribution in [0.25, 0.3) is 0 Å². The lowest BCUT2D eigenvalue weighted by atomic mass is 11.0. The van der Waals surface area contributed by atoms with E-state index in [4.69, 9.17) is 3.63 Å². The highest BCUT2D eigenvalue weighted by atomic mass is 32.3. The van der Waals surface area contributed by atoms with Gasteiger partial charge in [-0.3, -0.25) is 4.18 Å². The van der Waals surface area contributed by atoms with Gasteiger partial charge < -0.3 is 0 Å². The van der Waals surface area contributed by atoms with Crippen molar-refractivity contribution in [2.24, 2.45) is 0 Å². The molecule has 12 heavy (non-hydrogen) atoms. The molecule has 0 rings (SSSR count). The topological polar surface area (TPSA) is 52.6 Å². The molecule has 76 valence electrons. The molecular formula is C6H16O4S2. The third-order valence-corrected chi connectivity index (χ3v) is 6.50. The molecule has 0 amide bonds. The summed E-state index contributed by atoms with van der Waals surface area (Å²) in [5, 5.41) is 0. The number of rotatable bonds is 5. The molecule has 0 aliphatic heterocycles. The minimum absolute atomic E-state index is 0.714. The Hall–Kier alpha value is 0.220. The summed E-state index contributed by atoms with van der Waals surface area (Å²) in [5.74, 6) is 1.43. The minimum atomic E-state index is -3.76. The Bertz CT molecular complexity index is 218. The summed E-state index contributed by atoms with van der Waals surface area (Å²) >= 11 is 0. The fourth-order valence-electron chi connectivity index (χ4n) is 0.529. The van der Waals surface area contributed by atoms with E-state index in [1.807, 2.05) is 20.1 Å². The van der Waals surface area contributed by atoms with Crippen molar-refractivity contribution < 1.29 is 16.2 Å². The summed E-state index contributed by atoms with van der Waals surface area (Å²) in [6.07, 6.45) is 1.82. The highest BCUT2D eigenvalue weighted by molar-refractivity contribution is 8.32.